The topological polar surface area (TPSA) is 57.5 Å². The van der Waals surface area contributed by atoms with Gasteiger partial charge in [0.05, 0.1) is 10.0 Å². The summed E-state index contributed by atoms with van der Waals surface area (Å²) in [6.45, 7) is 1.86. The summed E-state index contributed by atoms with van der Waals surface area (Å²) < 4.78 is 0.469. The van der Waals surface area contributed by atoms with Crippen molar-refractivity contribution in [2.75, 3.05) is 0 Å². The minimum Gasteiger partial charge on any atom is -0.506 e. The van der Waals surface area contributed by atoms with Crippen LogP contribution in [0, 0.1) is 0 Å². The van der Waals surface area contributed by atoms with Crippen LogP contribution in [-0.2, 0) is 6.42 Å². The largest absolute Gasteiger partial charge is 0.506 e. The molecular formula is C13H11BrO3. The van der Waals surface area contributed by atoms with E-state index < -0.39 is 5.97 Å². The fraction of sp³-hybridized carbons (Fsp3) is 0.154. The zero-order valence-corrected chi connectivity index (χ0v) is 10.8. The van der Waals surface area contributed by atoms with Crippen molar-refractivity contribution in [2.45, 2.75) is 13.3 Å². The van der Waals surface area contributed by atoms with Crippen LogP contribution >= 0.6 is 15.9 Å². The quantitative estimate of drug-likeness (QED) is 0.890. The zero-order chi connectivity index (χ0) is 12.6. The molecule has 0 radical (unpaired) electrons. The van der Waals surface area contributed by atoms with Crippen LogP contribution in [0.3, 0.4) is 0 Å². The Morgan fingerprint density at radius 3 is 2.41 bits per heavy atom. The molecule has 0 fully saturated rings. The van der Waals surface area contributed by atoms with Crippen molar-refractivity contribution in [1.29, 1.82) is 0 Å². The first-order chi connectivity index (χ1) is 8.07. The van der Waals surface area contributed by atoms with Gasteiger partial charge in [-0.15, -0.1) is 0 Å². The minimum atomic E-state index is -0.973. The van der Waals surface area contributed by atoms with Crippen molar-refractivity contribution in [3.8, 4) is 5.75 Å². The predicted octanol–water partition coefficient (Wildman–Crippen LogP) is 3.57. The smallest absolute Gasteiger partial charge is 0.336 e. The van der Waals surface area contributed by atoms with E-state index in [0.717, 1.165) is 0 Å². The second-order valence-corrected chi connectivity index (χ2v) is 4.51. The number of halogens is 1. The zero-order valence-electron chi connectivity index (χ0n) is 9.20. The molecule has 0 heterocycles. The Labute approximate surface area is 107 Å². The van der Waals surface area contributed by atoms with Crippen LogP contribution in [0.2, 0.25) is 0 Å². The van der Waals surface area contributed by atoms with Crippen LogP contribution in [0.4, 0.5) is 0 Å². The van der Waals surface area contributed by atoms with Gasteiger partial charge in [-0.2, -0.15) is 0 Å². The van der Waals surface area contributed by atoms with E-state index in [1.165, 1.54) is 0 Å². The fourth-order valence-electron chi connectivity index (χ4n) is 2.02. The molecule has 0 amide bonds. The first kappa shape index (κ1) is 11.9. The van der Waals surface area contributed by atoms with Crippen molar-refractivity contribution in [3.63, 3.8) is 0 Å². The highest BCUT2D eigenvalue weighted by Gasteiger charge is 2.20. The van der Waals surface area contributed by atoms with Crippen LogP contribution in [0.25, 0.3) is 10.8 Å². The Morgan fingerprint density at radius 1 is 1.29 bits per heavy atom. The van der Waals surface area contributed by atoms with E-state index in [2.05, 4.69) is 15.9 Å². The van der Waals surface area contributed by atoms with Gasteiger partial charge in [0.1, 0.15) is 5.75 Å². The molecule has 0 spiro atoms. The molecule has 0 aliphatic rings. The van der Waals surface area contributed by atoms with E-state index in [4.69, 9.17) is 0 Å². The molecule has 2 aromatic carbocycles. The lowest BCUT2D eigenvalue weighted by Gasteiger charge is -2.13. The number of aromatic carboxylic acids is 1. The number of phenols is 1. The van der Waals surface area contributed by atoms with Crippen LogP contribution in [-0.4, -0.2) is 16.2 Å². The molecule has 2 aromatic rings. The number of rotatable bonds is 2. The summed E-state index contributed by atoms with van der Waals surface area (Å²) in [7, 11) is 0. The third-order valence-electron chi connectivity index (χ3n) is 2.79. The molecule has 0 aliphatic heterocycles. The second-order valence-electron chi connectivity index (χ2n) is 3.72. The highest BCUT2D eigenvalue weighted by atomic mass is 79.9. The van der Waals surface area contributed by atoms with Gasteiger partial charge in [-0.1, -0.05) is 31.2 Å². The molecule has 2 rings (SSSR count). The lowest BCUT2D eigenvalue weighted by Crippen LogP contribution is -2.04. The van der Waals surface area contributed by atoms with Crippen LogP contribution in [0.1, 0.15) is 22.8 Å². The van der Waals surface area contributed by atoms with Gasteiger partial charge in [0.15, 0.2) is 0 Å². The maximum absolute atomic E-state index is 11.4. The lowest BCUT2D eigenvalue weighted by atomic mass is 9.96. The van der Waals surface area contributed by atoms with E-state index in [1.807, 2.05) is 6.92 Å². The molecule has 0 atom stereocenters. The summed E-state index contributed by atoms with van der Waals surface area (Å²) >= 11 is 3.27. The molecule has 2 N–H and O–H groups in total. The highest BCUT2D eigenvalue weighted by molar-refractivity contribution is 9.10. The Bertz CT molecular complexity index is 605. The first-order valence-electron chi connectivity index (χ1n) is 5.23. The number of aromatic hydroxyl groups is 1. The number of carboxylic acid groups (broad SMARTS) is 1. The monoisotopic (exact) mass is 294 g/mol. The van der Waals surface area contributed by atoms with Gasteiger partial charge in [0, 0.05) is 10.8 Å². The van der Waals surface area contributed by atoms with Gasteiger partial charge in [-0.05, 0) is 27.9 Å². The van der Waals surface area contributed by atoms with Crippen molar-refractivity contribution < 1.29 is 15.0 Å². The molecule has 0 bridgehead atoms. The van der Waals surface area contributed by atoms with Crippen molar-refractivity contribution >= 4 is 32.7 Å². The molecule has 17 heavy (non-hydrogen) atoms. The Hall–Kier alpha value is -1.55. The molecular weight excluding hydrogens is 284 g/mol. The predicted molar refractivity (Wildman–Crippen MR) is 69.7 cm³/mol. The molecule has 0 saturated carbocycles. The van der Waals surface area contributed by atoms with Gasteiger partial charge < -0.3 is 10.2 Å². The standard InChI is InChI=1S/C13H11BrO3/c1-2-7-10(13(16)17)8-5-3-4-6-9(8)12(15)11(7)14/h3-6,15H,2H2,1H3,(H,16,17). The Morgan fingerprint density at radius 2 is 1.88 bits per heavy atom. The van der Waals surface area contributed by atoms with Crippen LogP contribution in [0.15, 0.2) is 28.7 Å². The number of hydrogen-bond donors (Lipinski definition) is 2. The lowest BCUT2D eigenvalue weighted by molar-refractivity contribution is 0.0698. The third-order valence-corrected chi connectivity index (χ3v) is 3.65. The third kappa shape index (κ3) is 1.78. The molecule has 4 heteroatoms. The number of benzene rings is 2. The van der Waals surface area contributed by atoms with Crippen LogP contribution < -0.4 is 0 Å². The van der Waals surface area contributed by atoms with Gasteiger partial charge >= 0.3 is 5.97 Å². The van der Waals surface area contributed by atoms with E-state index in [9.17, 15) is 15.0 Å². The maximum atomic E-state index is 11.4. The molecule has 0 unspecified atom stereocenters. The van der Waals surface area contributed by atoms with Gasteiger partial charge in [-0.3, -0.25) is 0 Å². The molecule has 88 valence electrons. The maximum Gasteiger partial charge on any atom is 0.336 e. The summed E-state index contributed by atoms with van der Waals surface area (Å²) in [6.07, 6.45) is 0.542. The normalized spacial score (nSPS) is 10.7. The number of hydrogen-bond acceptors (Lipinski definition) is 2. The van der Waals surface area contributed by atoms with Crippen molar-refractivity contribution in [3.05, 3.63) is 39.9 Å². The summed E-state index contributed by atoms with van der Waals surface area (Å²) in [5.74, 6) is -0.874. The number of phenolic OH excluding ortho intramolecular Hbond substituents is 1. The van der Waals surface area contributed by atoms with E-state index in [-0.39, 0.29) is 11.3 Å². The number of carboxylic acids is 1. The van der Waals surface area contributed by atoms with E-state index in [0.29, 0.717) is 27.2 Å². The molecule has 0 saturated heterocycles. The summed E-state index contributed by atoms with van der Waals surface area (Å²) in [4.78, 5) is 11.4. The van der Waals surface area contributed by atoms with E-state index in [1.54, 1.807) is 24.3 Å². The molecule has 3 nitrogen and oxygen atoms in total. The van der Waals surface area contributed by atoms with Crippen LogP contribution in [0.5, 0.6) is 5.75 Å². The minimum absolute atomic E-state index is 0.0995. The average Bonchev–Trinajstić information content (AvgIpc) is 2.33. The second kappa shape index (κ2) is 4.37. The average molecular weight is 295 g/mol. The number of carbonyl (C=O) groups is 1. The van der Waals surface area contributed by atoms with Crippen molar-refractivity contribution in [2.24, 2.45) is 0 Å². The Balaban J connectivity index is 3.02. The van der Waals surface area contributed by atoms with Crippen molar-refractivity contribution in [1.82, 2.24) is 0 Å². The summed E-state index contributed by atoms with van der Waals surface area (Å²) in [5, 5.41) is 20.5. The highest BCUT2D eigenvalue weighted by Crippen LogP contribution is 2.39. The summed E-state index contributed by atoms with van der Waals surface area (Å²) in [6, 6.07) is 6.96. The van der Waals surface area contributed by atoms with E-state index >= 15 is 0 Å². The fourth-order valence-corrected chi connectivity index (χ4v) is 2.71. The Kier molecular flexibility index (Phi) is 3.07. The first-order valence-corrected chi connectivity index (χ1v) is 6.02. The number of fused-ring (bicyclic) bond motifs is 1. The van der Waals surface area contributed by atoms with Gasteiger partial charge in [-0.25, -0.2) is 4.79 Å². The molecule has 0 aliphatic carbocycles. The summed E-state index contributed by atoms with van der Waals surface area (Å²) in [5.41, 5.74) is 0.876. The van der Waals surface area contributed by atoms with Gasteiger partial charge in [0.25, 0.3) is 0 Å². The van der Waals surface area contributed by atoms with Gasteiger partial charge in [0.2, 0.25) is 0 Å². The molecule has 0 aromatic heterocycles. The SMILES string of the molecule is CCc1c(Br)c(O)c2ccccc2c1C(=O)O.